The van der Waals surface area contributed by atoms with Crippen molar-refractivity contribution in [3.8, 4) is 11.4 Å². The number of pyridine rings is 2. The Kier molecular flexibility index (Phi) is 6.00. The van der Waals surface area contributed by atoms with Gasteiger partial charge in [-0.2, -0.15) is 4.98 Å². The normalized spacial score (nSPS) is 10.8. The molecular weight excluding hydrogens is 332 g/mol. The molecule has 3 heterocycles. The Morgan fingerprint density at radius 3 is 2.81 bits per heavy atom. The molecular formula is C18H20N6O2. The highest BCUT2D eigenvalue weighted by Crippen LogP contribution is 2.13. The fourth-order valence-electron chi connectivity index (χ4n) is 2.43. The number of carbonyl (C=O) groups excluding carboxylic acids is 1. The molecule has 8 nitrogen and oxygen atoms in total. The first-order chi connectivity index (χ1) is 12.7. The van der Waals surface area contributed by atoms with Crippen LogP contribution in [0.15, 0.2) is 53.6 Å². The molecule has 0 aliphatic carbocycles. The van der Waals surface area contributed by atoms with Gasteiger partial charge in [0, 0.05) is 49.9 Å². The quantitative estimate of drug-likeness (QED) is 0.653. The van der Waals surface area contributed by atoms with Gasteiger partial charge >= 0.3 is 0 Å². The average molecular weight is 352 g/mol. The molecule has 0 spiro atoms. The van der Waals surface area contributed by atoms with Crippen LogP contribution in [0.5, 0.6) is 0 Å². The van der Waals surface area contributed by atoms with Crippen molar-refractivity contribution in [3.63, 3.8) is 0 Å². The van der Waals surface area contributed by atoms with E-state index in [0.29, 0.717) is 37.8 Å². The predicted molar refractivity (Wildman–Crippen MR) is 94.8 cm³/mol. The van der Waals surface area contributed by atoms with E-state index in [0.717, 1.165) is 11.1 Å². The van der Waals surface area contributed by atoms with Crippen LogP contribution in [0.2, 0.25) is 0 Å². The molecule has 8 heteroatoms. The van der Waals surface area contributed by atoms with E-state index in [1.807, 2.05) is 36.2 Å². The zero-order chi connectivity index (χ0) is 18.2. The van der Waals surface area contributed by atoms with E-state index in [1.165, 1.54) is 0 Å². The second kappa shape index (κ2) is 8.82. The van der Waals surface area contributed by atoms with Crippen LogP contribution in [-0.2, 0) is 17.8 Å². The minimum absolute atomic E-state index is 0.0476. The van der Waals surface area contributed by atoms with Gasteiger partial charge in [0.25, 0.3) is 0 Å². The summed E-state index contributed by atoms with van der Waals surface area (Å²) in [5.41, 5.74) is 1.91. The van der Waals surface area contributed by atoms with Crippen molar-refractivity contribution in [2.45, 2.75) is 13.0 Å². The summed E-state index contributed by atoms with van der Waals surface area (Å²) in [5.74, 6) is 0.930. The molecule has 26 heavy (non-hydrogen) atoms. The van der Waals surface area contributed by atoms with Crippen LogP contribution in [0.25, 0.3) is 11.4 Å². The summed E-state index contributed by atoms with van der Waals surface area (Å²) in [5, 5.41) is 6.79. The van der Waals surface area contributed by atoms with Crippen molar-refractivity contribution in [3.05, 3.63) is 60.5 Å². The van der Waals surface area contributed by atoms with Gasteiger partial charge < -0.3 is 9.84 Å². The number of aromatic nitrogens is 4. The van der Waals surface area contributed by atoms with Gasteiger partial charge in [-0.25, -0.2) is 0 Å². The zero-order valence-electron chi connectivity index (χ0n) is 14.5. The van der Waals surface area contributed by atoms with Crippen molar-refractivity contribution in [1.29, 1.82) is 0 Å². The number of amides is 1. The molecule has 0 fully saturated rings. The second-order valence-corrected chi connectivity index (χ2v) is 5.88. The summed E-state index contributed by atoms with van der Waals surface area (Å²) in [6.07, 6.45) is 7.33. The third kappa shape index (κ3) is 5.18. The van der Waals surface area contributed by atoms with E-state index in [1.54, 1.807) is 24.8 Å². The maximum absolute atomic E-state index is 12.0. The summed E-state index contributed by atoms with van der Waals surface area (Å²) in [6, 6.07) is 7.55. The Morgan fingerprint density at radius 1 is 1.19 bits per heavy atom. The largest absolute Gasteiger partial charge is 0.354 e. The van der Waals surface area contributed by atoms with Crippen LogP contribution in [0.3, 0.4) is 0 Å². The van der Waals surface area contributed by atoms with Crippen LogP contribution < -0.4 is 5.32 Å². The van der Waals surface area contributed by atoms with Gasteiger partial charge in [0.05, 0.1) is 6.54 Å². The molecule has 0 saturated carbocycles. The first-order valence-corrected chi connectivity index (χ1v) is 8.28. The lowest BCUT2D eigenvalue weighted by atomic mass is 10.2. The molecule has 0 radical (unpaired) electrons. The lowest BCUT2D eigenvalue weighted by Gasteiger charge is -2.16. The molecule has 1 amide bonds. The van der Waals surface area contributed by atoms with Crippen molar-refractivity contribution in [1.82, 2.24) is 30.3 Å². The number of rotatable bonds is 8. The van der Waals surface area contributed by atoms with Crippen LogP contribution in [0.1, 0.15) is 11.5 Å². The highest BCUT2D eigenvalue weighted by molar-refractivity contribution is 5.77. The van der Waals surface area contributed by atoms with Crippen LogP contribution in [0, 0.1) is 0 Å². The summed E-state index contributed by atoms with van der Waals surface area (Å²) < 4.78 is 5.20. The topological polar surface area (TPSA) is 97.0 Å². The third-order valence-electron chi connectivity index (χ3n) is 3.66. The monoisotopic (exact) mass is 352 g/mol. The maximum Gasteiger partial charge on any atom is 0.234 e. The summed E-state index contributed by atoms with van der Waals surface area (Å²) in [6.45, 7) is 1.44. The van der Waals surface area contributed by atoms with Gasteiger partial charge in [-0.1, -0.05) is 5.16 Å². The molecule has 1 N–H and O–H groups in total. The third-order valence-corrected chi connectivity index (χ3v) is 3.66. The fraction of sp³-hybridized carbons (Fsp3) is 0.278. The van der Waals surface area contributed by atoms with E-state index in [-0.39, 0.29) is 5.91 Å². The number of likely N-dealkylation sites (N-methyl/N-ethyl adjacent to an activating group) is 1. The van der Waals surface area contributed by atoms with Crippen LogP contribution >= 0.6 is 0 Å². The second-order valence-electron chi connectivity index (χ2n) is 5.88. The van der Waals surface area contributed by atoms with Crippen molar-refractivity contribution >= 4 is 5.91 Å². The zero-order valence-corrected chi connectivity index (χ0v) is 14.5. The highest BCUT2D eigenvalue weighted by atomic mass is 16.5. The first kappa shape index (κ1) is 17.7. The Bertz CT molecular complexity index is 822. The molecule has 134 valence electrons. The molecule has 3 aromatic heterocycles. The van der Waals surface area contributed by atoms with Gasteiger partial charge in [0.1, 0.15) is 0 Å². The number of hydrogen-bond acceptors (Lipinski definition) is 7. The summed E-state index contributed by atoms with van der Waals surface area (Å²) in [7, 11) is 1.90. The lowest BCUT2D eigenvalue weighted by molar-refractivity contribution is -0.122. The van der Waals surface area contributed by atoms with Crippen LogP contribution in [-0.4, -0.2) is 51.1 Å². The predicted octanol–water partition coefficient (Wildman–Crippen LogP) is 1.32. The van der Waals surface area contributed by atoms with Gasteiger partial charge in [-0.05, 0) is 36.9 Å². The highest BCUT2D eigenvalue weighted by Gasteiger charge is 2.10. The number of nitrogens with one attached hydrogen (secondary N) is 1. The minimum Gasteiger partial charge on any atom is -0.354 e. The number of hydrogen-bond donors (Lipinski definition) is 1. The molecule has 3 aromatic rings. The smallest absolute Gasteiger partial charge is 0.234 e. The number of carbonyl (C=O) groups is 1. The van der Waals surface area contributed by atoms with Crippen molar-refractivity contribution in [2.75, 3.05) is 20.1 Å². The molecule has 0 aliphatic heterocycles. The molecule has 0 unspecified atom stereocenters. The first-order valence-electron chi connectivity index (χ1n) is 8.28. The van der Waals surface area contributed by atoms with E-state index in [9.17, 15) is 4.79 Å². The van der Waals surface area contributed by atoms with E-state index in [2.05, 4.69) is 25.4 Å². The Morgan fingerprint density at radius 2 is 2.04 bits per heavy atom. The SMILES string of the molecule is CN(CC(=O)NCCc1nc(-c2cccnc2)no1)Cc1ccncc1. The lowest BCUT2D eigenvalue weighted by Crippen LogP contribution is -2.35. The van der Waals surface area contributed by atoms with Gasteiger partial charge in [-0.15, -0.1) is 0 Å². The summed E-state index contributed by atoms with van der Waals surface area (Å²) >= 11 is 0. The van der Waals surface area contributed by atoms with Crippen molar-refractivity contribution < 1.29 is 9.32 Å². The Labute approximate surface area is 151 Å². The molecule has 0 aromatic carbocycles. The van der Waals surface area contributed by atoms with Gasteiger partial charge in [-0.3, -0.25) is 19.7 Å². The van der Waals surface area contributed by atoms with Crippen molar-refractivity contribution in [2.24, 2.45) is 0 Å². The maximum atomic E-state index is 12.0. The number of nitrogens with zero attached hydrogens (tertiary/aromatic N) is 5. The molecule has 0 bridgehead atoms. The van der Waals surface area contributed by atoms with E-state index < -0.39 is 0 Å². The Hall–Kier alpha value is -3.13. The standard InChI is InChI=1S/C18H20N6O2/c1-24(12-14-4-8-19-9-5-14)13-16(25)21-10-6-17-22-18(23-26-17)15-3-2-7-20-11-15/h2-5,7-9,11H,6,10,12-13H2,1H3,(H,21,25). The molecule has 3 rings (SSSR count). The average Bonchev–Trinajstić information content (AvgIpc) is 3.12. The fourth-order valence-corrected chi connectivity index (χ4v) is 2.43. The Balaban J connectivity index is 1.40. The van der Waals surface area contributed by atoms with Gasteiger partial charge in [0.15, 0.2) is 0 Å². The summed E-state index contributed by atoms with van der Waals surface area (Å²) in [4.78, 5) is 26.3. The van der Waals surface area contributed by atoms with E-state index >= 15 is 0 Å². The molecule has 0 saturated heterocycles. The van der Waals surface area contributed by atoms with Crippen LogP contribution in [0.4, 0.5) is 0 Å². The van der Waals surface area contributed by atoms with Gasteiger partial charge in [0.2, 0.25) is 17.6 Å². The molecule has 0 atom stereocenters. The molecule has 0 aliphatic rings. The minimum atomic E-state index is -0.0476. The van der Waals surface area contributed by atoms with E-state index in [4.69, 9.17) is 4.52 Å².